The van der Waals surface area contributed by atoms with Gasteiger partial charge in [0.15, 0.2) is 5.82 Å². The van der Waals surface area contributed by atoms with Crippen molar-refractivity contribution >= 4 is 19.7 Å². The molecule has 0 fully saturated rings. The van der Waals surface area contributed by atoms with Crippen LogP contribution in [0.3, 0.4) is 0 Å². The van der Waals surface area contributed by atoms with Gasteiger partial charge in [0.25, 0.3) is 14.2 Å². The van der Waals surface area contributed by atoms with Crippen molar-refractivity contribution in [2.75, 3.05) is 0 Å². The van der Waals surface area contributed by atoms with Gasteiger partial charge in [-0.25, -0.2) is 8.42 Å². The molecule has 2 heterocycles. The number of pyridine rings is 1. The maximum Gasteiger partial charge on any atom is 0.296 e. The van der Waals surface area contributed by atoms with E-state index >= 15 is 0 Å². The van der Waals surface area contributed by atoms with Gasteiger partial charge in [-0.3, -0.25) is 9.36 Å². The second-order valence-electron chi connectivity index (χ2n) is 5.19. The SMILES string of the molecule is CC(C)(C)n1c(-c2cc[nH]c(=O)c2)nnc1S(=O)(=O)Cl. The maximum atomic E-state index is 11.6. The molecule has 0 bridgehead atoms. The van der Waals surface area contributed by atoms with Gasteiger partial charge in [-0.2, -0.15) is 0 Å². The monoisotopic (exact) mass is 316 g/mol. The first-order valence-electron chi connectivity index (χ1n) is 5.70. The zero-order valence-corrected chi connectivity index (χ0v) is 12.7. The van der Waals surface area contributed by atoms with Gasteiger partial charge in [0.1, 0.15) is 0 Å². The Morgan fingerprint density at radius 1 is 1.30 bits per heavy atom. The van der Waals surface area contributed by atoms with Gasteiger partial charge in [0, 0.05) is 34.0 Å². The van der Waals surface area contributed by atoms with E-state index in [1.807, 2.05) is 0 Å². The van der Waals surface area contributed by atoms with E-state index in [1.165, 1.54) is 16.8 Å². The van der Waals surface area contributed by atoms with Crippen LogP contribution in [0.5, 0.6) is 0 Å². The number of halogens is 1. The minimum atomic E-state index is -4.04. The van der Waals surface area contributed by atoms with Crippen LogP contribution < -0.4 is 5.56 Å². The molecule has 0 aliphatic rings. The van der Waals surface area contributed by atoms with Crippen molar-refractivity contribution in [1.82, 2.24) is 19.7 Å². The molecule has 0 aliphatic heterocycles. The topological polar surface area (TPSA) is 97.7 Å². The lowest BCUT2D eigenvalue weighted by Crippen LogP contribution is -2.26. The lowest BCUT2D eigenvalue weighted by atomic mass is 10.1. The largest absolute Gasteiger partial charge is 0.329 e. The van der Waals surface area contributed by atoms with E-state index in [0.29, 0.717) is 5.56 Å². The Morgan fingerprint density at radius 3 is 2.45 bits per heavy atom. The minimum Gasteiger partial charge on any atom is -0.329 e. The van der Waals surface area contributed by atoms with Gasteiger partial charge in [-0.1, -0.05) is 0 Å². The highest BCUT2D eigenvalue weighted by Gasteiger charge is 2.30. The van der Waals surface area contributed by atoms with Gasteiger partial charge in [-0.05, 0) is 26.8 Å². The summed E-state index contributed by atoms with van der Waals surface area (Å²) in [6.07, 6.45) is 1.45. The van der Waals surface area contributed by atoms with Crippen molar-refractivity contribution in [3.05, 3.63) is 28.7 Å². The molecular weight excluding hydrogens is 304 g/mol. The van der Waals surface area contributed by atoms with Crippen LogP contribution in [0.2, 0.25) is 0 Å². The van der Waals surface area contributed by atoms with Crippen LogP contribution in [-0.4, -0.2) is 28.2 Å². The van der Waals surface area contributed by atoms with Crippen LogP contribution in [0.15, 0.2) is 28.3 Å². The Hall–Kier alpha value is -1.67. The fourth-order valence-corrected chi connectivity index (χ4v) is 2.82. The van der Waals surface area contributed by atoms with Crippen LogP contribution >= 0.6 is 10.7 Å². The number of hydrogen-bond acceptors (Lipinski definition) is 5. The van der Waals surface area contributed by atoms with Gasteiger partial charge < -0.3 is 4.98 Å². The Balaban J connectivity index is 2.80. The summed E-state index contributed by atoms with van der Waals surface area (Å²) >= 11 is 0. The summed E-state index contributed by atoms with van der Waals surface area (Å²) < 4.78 is 24.6. The fraction of sp³-hybridized carbons (Fsp3) is 0.364. The first-order chi connectivity index (χ1) is 9.10. The van der Waals surface area contributed by atoms with E-state index < -0.39 is 14.6 Å². The Labute approximate surface area is 120 Å². The fourth-order valence-electron chi connectivity index (χ4n) is 1.80. The molecule has 2 rings (SSSR count). The molecule has 1 N–H and O–H groups in total. The maximum absolute atomic E-state index is 11.6. The number of hydrogen-bond donors (Lipinski definition) is 1. The van der Waals surface area contributed by atoms with Gasteiger partial charge in [-0.15, -0.1) is 10.2 Å². The van der Waals surface area contributed by atoms with Crippen molar-refractivity contribution in [1.29, 1.82) is 0 Å². The third-order valence-electron chi connectivity index (χ3n) is 2.56. The summed E-state index contributed by atoms with van der Waals surface area (Å²) in [5.74, 6) is 0.267. The number of nitrogens with zero attached hydrogens (tertiary/aromatic N) is 3. The van der Waals surface area contributed by atoms with Gasteiger partial charge in [0.2, 0.25) is 5.56 Å². The van der Waals surface area contributed by atoms with Crippen molar-refractivity contribution in [3.63, 3.8) is 0 Å². The first-order valence-corrected chi connectivity index (χ1v) is 8.01. The van der Waals surface area contributed by atoms with Gasteiger partial charge >= 0.3 is 0 Å². The Bertz CT molecular complexity index is 802. The molecular formula is C11H13ClN4O3S. The summed E-state index contributed by atoms with van der Waals surface area (Å²) in [7, 11) is 1.34. The predicted octanol–water partition coefficient (Wildman–Crippen LogP) is 1.32. The standard InChI is InChI=1S/C11H13ClN4O3S/c1-11(2,3)16-9(7-4-5-13-8(17)6-7)14-15-10(16)20(12,18)19/h4-6H,1-3H3,(H,13,17). The Kier molecular flexibility index (Phi) is 3.47. The molecule has 7 nitrogen and oxygen atoms in total. The van der Waals surface area contributed by atoms with Crippen molar-refractivity contribution in [2.45, 2.75) is 31.5 Å². The molecule has 108 valence electrons. The molecule has 0 aliphatic carbocycles. The molecule has 0 radical (unpaired) electrons. The molecule has 0 amide bonds. The first kappa shape index (κ1) is 14.7. The quantitative estimate of drug-likeness (QED) is 0.842. The highest BCUT2D eigenvalue weighted by Crippen LogP contribution is 2.28. The lowest BCUT2D eigenvalue weighted by Gasteiger charge is -2.23. The van der Waals surface area contributed by atoms with Crippen LogP contribution in [0.25, 0.3) is 11.4 Å². The van der Waals surface area contributed by atoms with Crippen LogP contribution in [0.4, 0.5) is 0 Å². The summed E-state index contributed by atoms with van der Waals surface area (Å²) in [6, 6.07) is 2.93. The summed E-state index contributed by atoms with van der Waals surface area (Å²) in [4.78, 5) is 13.9. The molecule has 0 saturated carbocycles. The summed E-state index contributed by atoms with van der Waals surface area (Å²) in [5.41, 5.74) is -0.484. The summed E-state index contributed by atoms with van der Waals surface area (Å²) in [5, 5.41) is 7.15. The predicted molar refractivity (Wildman–Crippen MR) is 74.1 cm³/mol. The van der Waals surface area contributed by atoms with E-state index in [0.717, 1.165) is 0 Å². The zero-order chi connectivity index (χ0) is 15.1. The normalized spacial score (nSPS) is 12.6. The third-order valence-corrected chi connectivity index (χ3v) is 3.67. The number of aromatic nitrogens is 4. The van der Waals surface area contributed by atoms with E-state index in [2.05, 4.69) is 15.2 Å². The van der Waals surface area contributed by atoms with Crippen LogP contribution in [0, 0.1) is 0 Å². The van der Waals surface area contributed by atoms with Crippen LogP contribution in [0.1, 0.15) is 20.8 Å². The molecule has 9 heteroatoms. The van der Waals surface area contributed by atoms with Crippen molar-refractivity contribution in [2.24, 2.45) is 0 Å². The highest BCUT2D eigenvalue weighted by molar-refractivity contribution is 8.13. The van der Waals surface area contributed by atoms with Crippen molar-refractivity contribution in [3.8, 4) is 11.4 Å². The van der Waals surface area contributed by atoms with E-state index in [-0.39, 0.29) is 16.5 Å². The average Bonchev–Trinajstić information content (AvgIpc) is 2.72. The lowest BCUT2D eigenvalue weighted by molar-refractivity contribution is 0.367. The molecule has 0 saturated heterocycles. The Morgan fingerprint density at radius 2 is 1.95 bits per heavy atom. The number of nitrogens with one attached hydrogen (secondary N) is 1. The third kappa shape index (κ3) is 2.75. The second-order valence-corrected chi connectivity index (χ2v) is 7.65. The van der Waals surface area contributed by atoms with E-state index in [1.54, 1.807) is 26.8 Å². The molecule has 20 heavy (non-hydrogen) atoms. The zero-order valence-electron chi connectivity index (χ0n) is 11.1. The highest BCUT2D eigenvalue weighted by atomic mass is 35.7. The van der Waals surface area contributed by atoms with E-state index in [4.69, 9.17) is 10.7 Å². The molecule has 2 aromatic heterocycles. The van der Waals surface area contributed by atoms with Gasteiger partial charge in [0.05, 0.1) is 0 Å². The molecule has 0 spiro atoms. The van der Waals surface area contributed by atoms with Crippen LogP contribution in [-0.2, 0) is 14.6 Å². The van der Waals surface area contributed by atoms with Crippen molar-refractivity contribution < 1.29 is 8.42 Å². The average molecular weight is 317 g/mol. The summed E-state index contributed by atoms with van der Waals surface area (Å²) in [6.45, 7) is 5.37. The number of H-pyrrole nitrogens is 1. The number of rotatable bonds is 2. The minimum absolute atomic E-state index is 0.267. The molecule has 0 unspecified atom stereocenters. The second kappa shape index (κ2) is 4.71. The molecule has 0 atom stereocenters. The number of aromatic amines is 1. The molecule has 0 aromatic carbocycles. The van der Waals surface area contributed by atoms with E-state index in [9.17, 15) is 13.2 Å². The molecule has 2 aromatic rings. The smallest absolute Gasteiger partial charge is 0.296 e.